The van der Waals surface area contributed by atoms with Crippen molar-refractivity contribution in [2.24, 2.45) is 0 Å². The van der Waals surface area contributed by atoms with Crippen LogP contribution in [0.15, 0.2) is 18.2 Å². The Labute approximate surface area is 86.7 Å². The van der Waals surface area contributed by atoms with Crippen molar-refractivity contribution in [1.29, 1.82) is 0 Å². The van der Waals surface area contributed by atoms with Gasteiger partial charge in [-0.15, -0.1) is 0 Å². The Kier molecular flexibility index (Phi) is 1.55. The molecule has 1 fully saturated rings. The van der Waals surface area contributed by atoms with Crippen LogP contribution in [0.5, 0.6) is 0 Å². The smallest absolute Gasteiger partial charge is 0.130 e. The molecular formula is C12H12FNO. The Morgan fingerprint density at radius 1 is 1.33 bits per heavy atom. The summed E-state index contributed by atoms with van der Waals surface area (Å²) in [6, 6.07) is 5.12. The molecule has 0 aliphatic heterocycles. The number of aliphatic hydroxyl groups is 1. The van der Waals surface area contributed by atoms with Gasteiger partial charge >= 0.3 is 0 Å². The van der Waals surface area contributed by atoms with E-state index < -0.39 is 5.60 Å². The second-order valence-corrected chi connectivity index (χ2v) is 4.40. The van der Waals surface area contributed by atoms with Crippen LogP contribution >= 0.6 is 0 Å². The Bertz CT molecular complexity index is 540. The molecule has 0 atom stereocenters. The van der Waals surface area contributed by atoms with Crippen molar-refractivity contribution in [2.75, 3.05) is 0 Å². The number of rotatable bonds is 1. The molecule has 0 amide bonds. The normalized spacial score (nSPS) is 18.3. The number of aromatic nitrogens is 1. The highest BCUT2D eigenvalue weighted by molar-refractivity contribution is 5.81. The number of fused-ring (bicyclic) bond motifs is 1. The van der Waals surface area contributed by atoms with E-state index >= 15 is 0 Å². The lowest BCUT2D eigenvalue weighted by Crippen LogP contribution is -2.06. The first kappa shape index (κ1) is 8.92. The fourth-order valence-corrected chi connectivity index (χ4v) is 2.04. The summed E-state index contributed by atoms with van der Waals surface area (Å²) in [6.45, 7) is 1.93. The molecule has 0 spiro atoms. The summed E-state index contributed by atoms with van der Waals surface area (Å²) < 4.78 is 13.7. The first-order valence-corrected chi connectivity index (χ1v) is 5.10. The van der Waals surface area contributed by atoms with Crippen LogP contribution in [0.3, 0.4) is 0 Å². The van der Waals surface area contributed by atoms with E-state index in [-0.39, 0.29) is 5.82 Å². The van der Waals surface area contributed by atoms with E-state index in [1.54, 1.807) is 6.07 Å². The fourth-order valence-electron chi connectivity index (χ4n) is 2.04. The van der Waals surface area contributed by atoms with Gasteiger partial charge in [0.05, 0.1) is 5.60 Å². The first-order chi connectivity index (χ1) is 7.08. The minimum absolute atomic E-state index is 0.304. The molecule has 1 aliphatic carbocycles. The van der Waals surface area contributed by atoms with Gasteiger partial charge in [-0.3, -0.25) is 0 Å². The highest BCUT2D eigenvalue weighted by Gasteiger charge is 2.44. The Morgan fingerprint density at radius 3 is 2.73 bits per heavy atom. The molecule has 1 aromatic heterocycles. The lowest BCUT2D eigenvalue weighted by Gasteiger charge is -2.09. The van der Waals surface area contributed by atoms with Crippen LogP contribution < -0.4 is 0 Å². The third-order valence-electron chi connectivity index (χ3n) is 3.07. The van der Waals surface area contributed by atoms with Crippen molar-refractivity contribution in [2.45, 2.75) is 25.4 Å². The molecule has 2 aromatic rings. The van der Waals surface area contributed by atoms with Gasteiger partial charge in [0.25, 0.3) is 0 Å². The first-order valence-electron chi connectivity index (χ1n) is 5.10. The number of hydrogen-bond donors (Lipinski definition) is 2. The number of aromatic amines is 1. The number of benzene rings is 1. The van der Waals surface area contributed by atoms with Gasteiger partial charge in [0, 0.05) is 22.2 Å². The SMILES string of the molecule is Cc1cc2cc(F)c(C3(O)CC3)cc2[nH]1. The summed E-state index contributed by atoms with van der Waals surface area (Å²) in [5.41, 5.74) is 1.42. The molecule has 78 valence electrons. The molecular weight excluding hydrogens is 193 g/mol. The van der Waals surface area contributed by atoms with Crippen molar-refractivity contribution in [3.63, 3.8) is 0 Å². The predicted octanol–water partition coefficient (Wildman–Crippen LogP) is 2.60. The lowest BCUT2D eigenvalue weighted by atomic mass is 10.1. The predicted molar refractivity (Wildman–Crippen MR) is 56.1 cm³/mol. The zero-order valence-corrected chi connectivity index (χ0v) is 8.47. The minimum atomic E-state index is -0.905. The molecule has 1 aromatic carbocycles. The molecule has 3 heteroatoms. The average molecular weight is 205 g/mol. The zero-order chi connectivity index (χ0) is 10.6. The molecule has 0 radical (unpaired) electrons. The standard InChI is InChI=1S/C12H12FNO/c1-7-4-8-5-10(13)9(6-11(8)14-7)12(15)2-3-12/h4-6,14-15H,2-3H2,1H3. The van der Waals surface area contributed by atoms with E-state index in [2.05, 4.69) is 4.98 Å². The summed E-state index contributed by atoms with van der Waals surface area (Å²) in [5.74, 6) is -0.304. The lowest BCUT2D eigenvalue weighted by molar-refractivity contribution is 0.147. The van der Waals surface area contributed by atoms with Crippen LogP contribution in [0.25, 0.3) is 10.9 Å². The van der Waals surface area contributed by atoms with Crippen LogP contribution in [-0.2, 0) is 5.60 Å². The van der Waals surface area contributed by atoms with Crippen molar-refractivity contribution >= 4 is 10.9 Å². The highest BCUT2D eigenvalue weighted by Crippen LogP contribution is 2.46. The van der Waals surface area contributed by atoms with Crippen molar-refractivity contribution in [3.8, 4) is 0 Å². The quantitative estimate of drug-likeness (QED) is 0.737. The summed E-state index contributed by atoms with van der Waals surface area (Å²) in [5, 5.41) is 10.8. The van der Waals surface area contributed by atoms with E-state index in [1.165, 1.54) is 6.07 Å². The van der Waals surface area contributed by atoms with Crippen molar-refractivity contribution in [1.82, 2.24) is 4.98 Å². The topological polar surface area (TPSA) is 36.0 Å². The largest absolute Gasteiger partial charge is 0.385 e. The highest BCUT2D eigenvalue weighted by atomic mass is 19.1. The molecule has 15 heavy (non-hydrogen) atoms. The van der Waals surface area contributed by atoms with Crippen LogP contribution in [0, 0.1) is 12.7 Å². The summed E-state index contributed by atoms with van der Waals surface area (Å²) in [6.07, 6.45) is 1.32. The third-order valence-corrected chi connectivity index (χ3v) is 3.07. The van der Waals surface area contributed by atoms with Gasteiger partial charge in [0.1, 0.15) is 5.82 Å². The Morgan fingerprint density at radius 2 is 2.07 bits per heavy atom. The number of hydrogen-bond acceptors (Lipinski definition) is 1. The number of nitrogens with one attached hydrogen (secondary N) is 1. The maximum Gasteiger partial charge on any atom is 0.130 e. The molecule has 2 N–H and O–H groups in total. The average Bonchev–Trinajstić information content (AvgIpc) is 2.78. The summed E-state index contributed by atoms with van der Waals surface area (Å²) >= 11 is 0. The molecule has 1 saturated carbocycles. The maximum atomic E-state index is 13.7. The summed E-state index contributed by atoms with van der Waals surface area (Å²) in [7, 11) is 0. The van der Waals surface area contributed by atoms with Gasteiger partial charge in [-0.25, -0.2) is 4.39 Å². The van der Waals surface area contributed by atoms with E-state index in [1.807, 2.05) is 13.0 Å². The molecule has 1 aliphatic rings. The molecule has 0 bridgehead atoms. The van der Waals surface area contributed by atoms with Crippen LogP contribution in [-0.4, -0.2) is 10.1 Å². The molecule has 0 saturated heterocycles. The minimum Gasteiger partial charge on any atom is -0.385 e. The van der Waals surface area contributed by atoms with E-state index in [9.17, 15) is 9.50 Å². The van der Waals surface area contributed by atoms with Gasteiger partial charge in [-0.1, -0.05) is 0 Å². The molecule has 2 nitrogen and oxygen atoms in total. The van der Waals surface area contributed by atoms with Crippen molar-refractivity contribution < 1.29 is 9.50 Å². The Hall–Kier alpha value is -1.35. The monoisotopic (exact) mass is 205 g/mol. The fraction of sp³-hybridized carbons (Fsp3) is 0.333. The molecule has 0 unspecified atom stereocenters. The van der Waals surface area contributed by atoms with Crippen LogP contribution in [0.1, 0.15) is 24.1 Å². The van der Waals surface area contributed by atoms with Crippen molar-refractivity contribution in [3.05, 3.63) is 35.3 Å². The molecule has 3 rings (SSSR count). The maximum absolute atomic E-state index is 13.7. The third kappa shape index (κ3) is 1.27. The van der Waals surface area contributed by atoms with Gasteiger partial charge in [-0.2, -0.15) is 0 Å². The van der Waals surface area contributed by atoms with Gasteiger partial charge in [0.2, 0.25) is 0 Å². The van der Waals surface area contributed by atoms with Gasteiger partial charge in [0.15, 0.2) is 0 Å². The van der Waals surface area contributed by atoms with E-state index in [0.29, 0.717) is 18.4 Å². The summed E-state index contributed by atoms with van der Waals surface area (Å²) in [4.78, 5) is 3.15. The molecule has 1 heterocycles. The van der Waals surface area contributed by atoms with E-state index in [4.69, 9.17) is 0 Å². The van der Waals surface area contributed by atoms with Gasteiger partial charge < -0.3 is 10.1 Å². The van der Waals surface area contributed by atoms with Gasteiger partial charge in [-0.05, 0) is 38.0 Å². The van der Waals surface area contributed by atoms with Crippen LogP contribution in [0.2, 0.25) is 0 Å². The number of aryl methyl sites for hydroxylation is 1. The zero-order valence-electron chi connectivity index (χ0n) is 8.47. The van der Waals surface area contributed by atoms with E-state index in [0.717, 1.165) is 16.6 Å². The Balaban J connectivity index is 2.26. The second-order valence-electron chi connectivity index (χ2n) is 4.40. The van der Waals surface area contributed by atoms with Crippen LogP contribution in [0.4, 0.5) is 4.39 Å². The number of halogens is 1. The second kappa shape index (κ2) is 2.61. The number of H-pyrrole nitrogens is 1.